The van der Waals surface area contributed by atoms with Crippen molar-refractivity contribution in [1.29, 1.82) is 0 Å². The van der Waals surface area contributed by atoms with E-state index in [-0.39, 0.29) is 30.1 Å². The SMILES string of the molecule is Cc1cccc(F)c1CN1C[C@H](c2ccc(N3CCN(CC4CCN(c5cccc6nnn(C7CCC(=O)NC7=O)c(=O)c56)CC4)CC3)cc2)[C@@H](N(C)C)C1. The zero-order valence-electron chi connectivity index (χ0n) is 32.2. The standard InChI is InChI=1S/C42H52FN9O3/c1-28-6-4-7-34(43)32(28)25-49-26-33(38(27-49)47(2)3)30-10-12-31(13-11-30)50-22-20-48(21-23-50)24-29-16-18-51(19-17-29)36-9-5-8-35-40(36)42(55)52(46-45-35)37-14-15-39(53)44-41(37)54/h4-13,29,33,37-38H,14-27H2,1-3H3,(H,44,53,54)/t33-,37?,38+/m1/s1. The van der Waals surface area contributed by atoms with E-state index in [0.29, 0.717) is 35.3 Å². The third-order valence-corrected chi connectivity index (χ3v) is 12.5. The molecule has 3 atom stereocenters. The highest BCUT2D eigenvalue weighted by molar-refractivity contribution is 5.99. The lowest BCUT2D eigenvalue weighted by molar-refractivity contribution is -0.136. The first-order chi connectivity index (χ1) is 26.6. The number of piperidine rings is 2. The van der Waals surface area contributed by atoms with Crippen molar-refractivity contribution < 1.29 is 14.0 Å². The number of nitrogens with one attached hydrogen (secondary N) is 1. The van der Waals surface area contributed by atoms with Crippen LogP contribution in [0.1, 0.15) is 54.3 Å². The van der Waals surface area contributed by atoms with Gasteiger partial charge in [-0.3, -0.25) is 29.5 Å². The molecule has 55 heavy (non-hydrogen) atoms. The summed E-state index contributed by atoms with van der Waals surface area (Å²) in [5, 5.41) is 11.2. The second-order valence-corrected chi connectivity index (χ2v) is 16.2. The van der Waals surface area contributed by atoms with Gasteiger partial charge in [0.1, 0.15) is 17.4 Å². The molecule has 0 saturated carbocycles. The molecule has 0 radical (unpaired) electrons. The molecule has 4 saturated heterocycles. The van der Waals surface area contributed by atoms with Crippen molar-refractivity contribution in [2.45, 2.75) is 57.2 Å². The molecule has 8 rings (SSSR count). The number of amides is 2. The van der Waals surface area contributed by atoms with Gasteiger partial charge in [-0.2, -0.15) is 4.68 Å². The first kappa shape index (κ1) is 37.2. The number of halogens is 1. The molecule has 1 N–H and O–H groups in total. The van der Waals surface area contributed by atoms with Crippen LogP contribution in [0.3, 0.4) is 0 Å². The lowest BCUT2D eigenvalue weighted by atomic mass is 9.93. The Morgan fingerprint density at radius 3 is 2.29 bits per heavy atom. The summed E-state index contributed by atoms with van der Waals surface area (Å²) in [6.07, 6.45) is 2.46. The molecule has 4 fully saturated rings. The summed E-state index contributed by atoms with van der Waals surface area (Å²) < 4.78 is 15.8. The van der Waals surface area contributed by atoms with Crippen LogP contribution in [0.25, 0.3) is 10.9 Å². The fraction of sp³-hybridized carbons (Fsp3) is 0.500. The van der Waals surface area contributed by atoms with E-state index < -0.39 is 11.9 Å². The van der Waals surface area contributed by atoms with Crippen molar-refractivity contribution >= 4 is 34.1 Å². The van der Waals surface area contributed by atoms with E-state index in [1.165, 1.54) is 11.3 Å². The number of aryl methyl sites for hydroxylation is 1. The van der Waals surface area contributed by atoms with Crippen LogP contribution in [0.15, 0.2) is 65.5 Å². The number of likely N-dealkylation sites (tertiary alicyclic amines) is 1. The number of carbonyl (C=O) groups excluding carboxylic acids is 2. The second kappa shape index (κ2) is 15.8. The van der Waals surface area contributed by atoms with Crippen molar-refractivity contribution in [3.8, 4) is 0 Å². The molecule has 4 aromatic rings. The van der Waals surface area contributed by atoms with Gasteiger partial charge in [-0.1, -0.05) is 35.5 Å². The van der Waals surface area contributed by atoms with E-state index in [2.05, 4.69) is 78.5 Å². The number of anilines is 2. The van der Waals surface area contributed by atoms with Crippen LogP contribution in [0.2, 0.25) is 0 Å². The van der Waals surface area contributed by atoms with E-state index >= 15 is 0 Å². The van der Waals surface area contributed by atoms with Gasteiger partial charge >= 0.3 is 0 Å². The van der Waals surface area contributed by atoms with Gasteiger partial charge < -0.3 is 14.7 Å². The Kier molecular flexibility index (Phi) is 10.7. The number of hydrogen-bond acceptors (Lipinski definition) is 10. The molecule has 0 spiro atoms. The minimum absolute atomic E-state index is 0.114. The van der Waals surface area contributed by atoms with E-state index in [9.17, 15) is 18.8 Å². The Bertz CT molecular complexity index is 2070. The monoisotopic (exact) mass is 749 g/mol. The van der Waals surface area contributed by atoms with Gasteiger partial charge in [-0.15, -0.1) is 5.10 Å². The molecule has 12 nitrogen and oxygen atoms in total. The quantitative estimate of drug-likeness (QED) is 0.254. The maximum absolute atomic E-state index is 14.7. The molecule has 4 aliphatic rings. The Labute approximate surface area is 321 Å². The normalized spacial score (nSPS) is 23.3. The van der Waals surface area contributed by atoms with Gasteiger partial charge in [-0.05, 0) is 87.7 Å². The second-order valence-electron chi connectivity index (χ2n) is 16.2. The first-order valence-electron chi connectivity index (χ1n) is 19.8. The summed E-state index contributed by atoms with van der Waals surface area (Å²) in [5.41, 5.74) is 5.42. The van der Waals surface area contributed by atoms with Gasteiger partial charge in [0.2, 0.25) is 5.91 Å². The average molecular weight is 750 g/mol. The molecule has 290 valence electrons. The number of rotatable bonds is 9. The number of nitrogens with zero attached hydrogens (tertiary/aromatic N) is 8. The van der Waals surface area contributed by atoms with E-state index in [4.69, 9.17) is 0 Å². The molecule has 4 aliphatic heterocycles. The number of hydrogen-bond donors (Lipinski definition) is 1. The van der Waals surface area contributed by atoms with Crippen LogP contribution in [-0.2, 0) is 16.1 Å². The number of aromatic nitrogens is 3. The number of benzene rings is 3. The minimum atomic E-state index is -0.844. The number of imide groups is 1. The van der Waals surface area contributed by atoms with Crippen molar-refractivity contribution in [2.24, 2.45) is 5.92 Å². The fourth-order valence-corrected chi connectivity index (χ4v) is 9.24. The Hall–Kier alpha value is -4.72. The van der Waals surface area contributed by atoms with Crippen LogP contribution >= 0.6 is 0 Å². The number of likely N-dealkylation sites (N-methyl/N-ethyl adjacent to an activating group) is 1. The van der Waals surface area contributed by atoms with Crippen molar-refractivity contribution in [2.75, 3.05) is 82.8 Å². The molecule has 0 bridgehead atoms. The van der Waals surface area contributed by atoms with Crippen LogP contribution in [0.5, 0.6) is 0 Å². The number of fused-ring (bicyclic) bond motifs is 1. The van der Waals surface area contributed by atoms with Gasteiger partial charge in [-0.25, -0.2) is 4.39 Å². The van der Waals surface area contributed by atoms with Crippen molar-refractivity contribution in [3.05, 3.63) is 93.5 Å². The van der Waals surface area contributed by atoms with Crippen LogP contribution in [0, 0.1) is 18.7 Å². The summed E-state index contributed by atoms with van der Waals surface area (Å²) in [5.74, 6) is -0.0137. The predicted octanol–water partition coefficient (Wildman–Crippen LogP) is 3.78. The van der Waals surface area contributed by atoms with Crippen molar-refractivity contribution in [1.82, 2.24) is 35.0 Å². The first-order valence-corrected chi connectivity index (χ1v) is 19.8. The Morgan fingerprint density at radius 1 is 0.836 bits per heavy atom. The van der Waals surface area contributed by atoms with Gasteiger partial charge in [0, 0.05) is 95.1 Å². The van der Waals surface area contributed by atoms with Crippen LogP contribution < -0.4 is 20.7 Å². The topological polar surface area (TPSA) is 110 Å². The Balaban J connectivity index is 0.843. The highest BCUT2D eigenvalue weighted by atomic mass is 19.1. The molecular weight excluding hydrogens is 698 g/mol. The van der Waals surface area contributed by atoms with Gasteiger partial charge in [0.05, 0.1) is 11.1 Å². The highest BCUT2D eigenvalue weighted by Gasteiger charge is 2.36. The zero-order valence-corrected chi connectivity index (χ0v) is 32.2. The Morgan fingerprint density at radius 2 is 1.58 bits per heavy atom. The minimum Gasteiger partial charge on any atom is -0.371 e. The molecule has 3 aromatic carbocycles. The molecule has 5 heterocycles. The average Bonchev–Trinajstić information content (AvgIpc) is 3.62. The number of carbonyl (C=O) groups is 2. The van der Waals surface area contributed by atoms with Crippen LogP contribution in [0.4, 0.5) is 15.8 Å². The summed E-state index contributed by atoms with van der Waals surface area (Å²) in [7, 11) is 4.30. The molecule has 2 amide bonds. The molecule has 0 aliphatic carbocycles. The summed E-state index contributed by atoms with van der Waals surface area (Å²) in [6.45, 7) is 11.3. The third-order valence-electron chi connectivity index (χ3n) is 12.5. The molecular formula is C42H52FN9O3. The predicted molar refractivity (Wildman–Crippen MR) is 212 cm³/mol. The fourth-order valence-electron chi connectivity index (χ4n) is 9.24. The van der Waals surface area contributed by atoms with Crippen molar-refractivity contribution in [3.63, 3.8) is 0 Å². The molecule has 1 aromatic heterocycles. The largest absolute Gasteiger partial charge is 0.371 e. The van der Waals surface area contributed by atoms with E-state index in [1.54, 1.807) is 18.2 Å². The highest BCUT2D eigenvalue weighted by Crippen LogP contribution is 2.34. The summed E-state index contributed by atoms with van der Waals surface area (Å²) >= 11 is 0. The van der Waals surface area contributed by atoms with E-state index in [1.807, 2.05) is 25.1 Å². The zero-order chi connectivity index (χ0) is 38.2. The maximum Gasteiger partial charge on any atom is 0.280 e. The summed E-state index contributed by atoms with van der Waals surface area (Å²) in [6, 6.07) is 19.7. The van der Waals surface area contributed by atoms with Gasteiger partial charge in [0.25, 0.3) is 11.5 Å². The van der Waals surface area contributed by atoms with Gasteiger partial charge in [0.15, 0.2) is 0 Å². The smallest absolute Gasteiger partial charge is 0.280 e. The maximum atomic E-state index is 14.7. The molecule has 13 heteroatoms. The van der Waals surface area contributed by atoms with Crippen LogP contribution in [-0.4, -0.2) is 121 Å². The van der Waals surface area contributed by atoms with E-state index in [0.717, 1.165) is 93.2 Å². The third kappa shape index (κ3) is 7.74. The molecule has 1 unspecified atom stereocenters. The number of piperazine rings is 1. The lowest BCUT2D eigenvalue weighted by Gasteiger charge is -2.40. The lowest BCUT2D eigenvalue weighted by Crippen LogP contribution is -2.49. The summed E-state index contributed by atoms with van der Waals surface area (Å²) in [4.78, 5) is 50.0.